The number of aryl methyl sites for hydroxylation is 2. The van der Waals surface area contributed by atoms with Crippen molar-refractivity contribution in [3.63, 3.8) is 0 Å². The summed E-state index contributed by atoms with van der Waals surface area (Å²) >= 11 is 0. The van der Waals surface area contributed by atoms with Gasteiger partial charge in [-0.2, -0.15) is 0 Å². The van der Waals surface area contributed by atoms with Gasteiger partial charge in [0.05, 0.1) is 10.6 Å². The lowest BCUT2D eigenvalue weighted by molar-refractivity contribution is 0.475. The van der Waals surface area contributed by atoms with E-state index in [-0.39, 0.29) is 10.6 Å². The number of phenols is 1. The molecule has 0 unspecified atom stereocenters. The highest BCUT2D eigenvalue weighted by Crippen LogP contribution is 2.28. The zero-order chi connectivity index (χ0) is 17.3. The first kappa shape index (κ1) is 16.1. The van der Waals surface area contributed by atoms with Crippen LogP contribution in [0.1, 0.15) is 11.3 Å². The van der Waals surface area contributed by atoms with E-state index in [0.29, 0.717) is 11.4 Å². The molecule has 24 heavy (non-hydrogen) atoms. The number of aromatic hydroxyl groups is 1. The Balaban J connectivity index is 1.96. The number of hydrogen-bond donors (Lipinski definition) is 2. The first-order valence-electron chi connectivity index (χ1n) is 7.34. The molecule has 124 valence electrons. The van der Waals surface area contributed by atoms with Crippen LogP contribution in [0.4, 0.5) is 5.69 Å². The van der Waals surface area contributed by atoms with Gasteiger partial charge in [0.15, 0.2) is 0 Å². The predicted octanol–water partition coefficient (Wildman–Crippen LogP) is 4.07. The van der Waals surface area contributed by atoms with Crippen LogP contribution in [0.3, 0.4) is 0 Å². The average Bonchev–Trinajstić information content (AvgIpc) is 2.96. The van der Waals surface area contributed by atoms with Crippen LogP contribution in [0.5, 0.6) is 5.75 Å². The van der Waals surface area contributed by atoms with Crippen molar-refractivity contribution in [1.82, 2.24) is 0 Å². The summed E-state index contributed by atoms with van der Waals surface area (Å²) in [5.74, 6) is 1.48. The monoisotopic (exact) mass is 343 g/mol. The Labute approximate surface area is 140 Å². The Bertz CT molecular complexity index is 973. The van der Waals surface area contributed by atoms with Gasteiger partial charge in [-0.3, -0.25) is 4.72 Å². The fourth-order valence-corrected chi connectivity index (χ4v) is 3.43. The normalized spacial score (nSPS) is 11.4. The summed E-state index contributed by atoms with van der Waals surface area (Å²) in [6.45, 7) is 3.68. The minimum absolute atomic E-state index is 0.0142. The Kier molecular flexibility index (Phi) is 4.07. The maximum absolute atomic E-state index is 12.5. The van der Waals surface area contributed by atoms with E-state index in [9.17, 15) is 13.5 Å². The molecule has 0 fully saturated rings. The molecule has 0 saturated heterocycles. The molecule has 0 saturated carbocycles. The molecule has 2 aromatic carbocycles. The van der Waals surface area contributed by atoms with Gasteiger partial charge in [-0.25, -0.2) is 8.42 Å². The summed E-state index contributed by atoms with van der Waals surface area (Å²) < 4.78 is 33.2. The SMILES string of the molecule is Cc1ccc(-c2ccc(C)c(NS(=O)(=O)c3ccc(O)cc3)c2)o1. The first-order chi connectivity index (χ1) is 11.3. The molecule has 3 aromatic rings. The number of anilines is 1. The second-order valence-corrected chi connectivity index (χ2v) is 7.22. The Morgan fingerprint density at radius 3 is 2.29 bits per heavy atom. The predicted molar refractivity (Wildman–Crippen MR) is 92.5 cm³/mol. The molecule has 0 bridgehead atoms. The summed E-state index contributed by atoms with van der Waals surface area (Å²) in [6.07, 6.45) is 0. The molecular formula is C18H17NO4S. The fraction of sp³-hybridized carbons (Fsp3) is 0.111. The van der Waals surface area contributed by atoms with Gasteiger partial charge in [0.25, 0.3) is 10.0 Å². The lowest BCUT2D eigenvalue weighted by Gasteiger charge is -2.12. The topological polar surface area (TPSA) is 79.5 Å². The summed E-state index contributed by atoms with van der Waals surface area (Å²) in [5, 5.41) is 9.30. The molecule has 6 heteroatoms. The van der Waals surface area contributed by atoms with Crippen molar-refractivity contribution in [3.8, 4) is 17.1 Å². The Morgan fingerprint density at radius 1 is 0.958 bits per heavy atom. The van der Waals surface area contributed by atoms with Crippen molar-refractivity contribution in [2.45, 2.75) is 18.7 Å². The number of hydrogen-bond acceptors (Lipinski definition) is 4. The highest BCUT2D eigenvalue weighted by Gasteiger charge is 2.16. The minimum atomic E-state index is -3.74. The van der Waals surface area contributed by atoms with Crippen molar-refractivity contribution < 1.29 is 17.9 Å². The van der Waals surface area contributed by atoms with Crippen molar-refractivity contribution >= 4 is 15.7 Å². The van der Waals surface area contributed by atoms with E-state index in [4.69, 9.17) is 4.42 Å². The van der Waals surface area contributed by atoms with Gasteiger partial charge >= 0.3 is 0 Å². The van der Waals surface area contributed by atoms with Gasteiger partial charge in [0, 0.05) is 5.56 Å². The Hall–Kier alpha value is -2.73. The van der Waals surface area contributed by atoms with Crippen molar-refractivity contribution in [3.05, 3.63) is 65.9 Å². The average molecular weight is 343 g/mol. The molecule has 1 aromatic heterocycles. The number of sulfonamides is 1. The molecule has 0 atom stereocenters. The molecule has 5 nitrogen and oxygen atoms in total. The van der Waals surface area contributed by atoms with Crippen LogP contribution in [-0.4, -0.2) is 13.5 Å². The largest absolute Gasteiger partial charge is 0.508 e. The smallest absolute Gasteiger partial charge is 0.261 e. The minimum Gasteiger partial charge on any atom is -0.508 e. The first-order valence-corrected chi connectivity index (χ1v) is 8.83. The molecule has 2 N–H and O–H groups in total. The zero-order valence-electron chi connectivity index (χ0n) is 13.3. The van der Waals surface area contributed by atoms with Gasteiger partial charge in [0.2, 0.25) is 0 Å². The van der Waals surface area contributed by atoms with Gasteiger partial charge in [-0.1, -0.05) is 12.1 Å². The standard InChI is InChI=1S/C18H17NO4S/c1-12-3-5-14(18-10-4-13(2)23-18)11-17(12)19-24(21,22)16-8-6-15(20)7-9-16/h3-11,19-20H,1-2H3. The van der Waals surface area contributed by atoms with Crippen molar-refractivity contribution in [1.29, 1.82) is 0 Å². The van der Waals surface area contributed by atoms with Gasteiger partial charge in [-0.05, 0) is 61.9 Å². The molecule has 0 amide bonds. The van der Waals surface area contributed by atoms with E-state index in [1.165, 1.54) is 24.3 Å². The number of furan rings is 1. The van der Waals surface area contributed by atoms with Crippen LogP contribution in [0.2, 0.25) is 0 Å². The maximum atomic E-state index is 12.5. The van der Waals surface area contributed by atoms with Crippen LogP contribution in [-0.2, 0) is 10.0 Å². The second kappa shape index (κ2) is 6.05. The second-order valence-electron chi connectivity index (χ2n) is 5.54. The van der Waals surface area contributed by atoms with Crippen LogP contribution in [0.15, 0.2) is 63.9 Å². The van der Waals surface area contributed by atoms with Crippen molar-refractivity contribution in [2.75, 3.05) is 4.72 Å². The molecule has 0 radical (unpaired) electrons. The summed E-state index contributed by atoms with van der Waals surface area (Å²) in [6, 6.07) is 14.5. The Morgan fingerprint density at radius 2 is 1.67 bits per heavy atom. The van der Waals surface area contributed by atoms with Gasteiger partial charge in [-0.15, -0.1) is 0 Å². The van der Waals surface area contributed by atoms with Crippen molar-refractivity contribution in [2.24, 2.45) is 0 Å². The molecular weight excluding hydrogens is 326 g/mol. The molecule has 1 heterocycles. The highest BCUT2D eigenvalue weighted by molar-refractivity contribution is 7.92. The third kappa shape index (κ3) is 3.28. The van der Waals surface area contributed by atoms with Gasteiger partial charge < -0.3 is 9.52 Å². The third-order valence-corrected chi connectivity index (χ3v) is 5.04. The lowest BCUT2D eigenvalue weighted by Crippen LogP contribution is -2.13. The maximum Gasteiger partial charge on any atom is 0.261 e. The van der Waals surface area contributed by atoms with E-state index < -0.39 is 10.0 Å². The summed E-state index contributed by atoms with van der Waals surface area (Å²) in [4.78, 5) is 0.0824. The fourth-order valence-electron chi connectivity index (χ4n) is 2.30. The highest BCUT2D eigenvalue weighted by atomic mass is 32.2. The van der Waals surface area contributed by atoms with E-state index in [1.807, 2.05) is 38.1 Å². The van der Waals surface area contributed by atoms with Crippen LogP contribution < -0.4 is 4.72 Å². The van der Waals surface area contributed by atoms with E-state index in [1.54, 1.807) is 6.07 Å². The lowest BCUT2D eigenvalue weighted by atomic mass is 10.1. The number of nitrogens with one attached hydrogen (secondary N) is 1. The molecule has 0 spiro atoms. The number of rotatable bonds is 4. The van der Waals surface area contributed by atoms with Gasteiger partial charge in [0.1, 0.15) is 17.3 Å². The zero-order valence-corrected chi connectivity index (χ0v) is 14.1. The van der Waals surface area contributed by atoms with Crippen LogP contribution in [0, 0.1) is 13.8 Å². The molecule has 0 aliphatic carbocycles. The molecule has 0 aliphatic rings. The number of benzene rings is 2. The quantitative estimate of drug-likeness (QED) is 0.748. The third-order valence-electron chi connectivity index (χ3n) is 3.65. The summed E-state index contributed by atoms with van der Waals surface area (Å²) in [7, 11) is -3.74. The van der Waals surface area contributed by atoms with E-state index in [2.05, 4.69) is 4.72 Å². The van der Waals surface area contributed by atoms with Crippen LogP contribution in [0.25, 0.3) is 11.3 Å². The van der Waals surface area contributed by atoms with E-state index in [0.717, 1.165) is 16.9 Å². The van der Waals surface area contributed by atoms with Crippen LogP contribution >= 0.6 is 0 Å². The number of phenolic OH excluding ortho intramolecular Hbond substituents is 1. The molecule has 3 rings (SSSR count). The summed E-state index contributed by atoms with van der Waals surface area (Å²) in [5.41, 5.74) is 2.07. The molecule has 0 aliphatic heterocycles. The van der Waals surface area contributed by atoms with E-state index >= 15 is 0 Å².